The molecule has 5 heteroatoms. The fraction of sp³-hybridized carbons (Fsp3) is 0.667. The second-order valence-electron chi connectivity index (χ2n) is 4.05. The minimum absolute atomic E-state index is 0.237. The molecule has 0 amide bonds. The van der Waals surface area contributed by atoms with Gasteiger partial charge >= 0.3 is 5.97 Å². The summed E-state index contributed by atoms with van der Waals surface area (Å²) in [4.78, 5) is 10.6. The first-order valence-electron chi connectivity index (χ1n) is 5.96. The molecule has 1 aromatic heterocycles. The normalized spacial score (nSPS) is 12.9. The van der Waals surface area contributed by atoms with Gasteiger partial charge in [-0.25, -0.2) is 4.79 Å². The third-order valence-electron chi connectivity index (χ3n) is 2.81. The molecule has 0 bridgehead atoms. The van der Waals surface area contributed by atoms with Gasteiger partial charge in [-0.15, -0.1) is 0 Å². The number of ether oxygens (including phenoxy) is 1. The van der Waals surface area contributed by atoms with E-state index in [2.05, 4.69) is 18.9 Å². The molecule has 0 unspecified atom stereocenters. The van der Waals surface area contributed by atoms with Crippen molar-refractivity contribution in [2.45, 2.75) is 52.4 Å². The van der Waals surface area contributed by atoms with Gasteiger partial charge in [0.05, 0.1) is 18.3 Å². The predicted molar refractivity (Wildman–Crippen MR) is 63.7 cm³/mol. The highest BCUT2D eigenvalue weighted by Gasteiger charge is 2.12. The maximum atomic E-state index is 10.6. The van der Waals surface area contributed by atoms with E-state index in [-0.39, 0.29) is 6.61 Å². The van der Waals surface area contributed by atoms with Crippen molar-refractivity contribution in [3.63, 3.8) is 0 Å². The van der Waals surface area contributed by atoms with Gasteiger partial charge in [-0.1, -0.05) is 13.8 Å². The van der Waals surface area contributed by atoms with Gasteiger partial charge in [0.25, 0.3) is 0 Å². The number of carbonyl (C=O) groups is 1. The average Bonchev–Trinajstić information content (AvgIpc) is 2.76. The molecule has 0 fully saturated rings. The largest absolute Gasteiger partial charge is 0.479 e. The van der Waals surface area contributed by atoms with E-state index in [0.29, 0.717) is 6.04 Å². The summed E-state index contributed by atoms with van der Waals surface area (Å²) in [6.07, 6.45) is 3.18. The van der Waals surface area contributed by atoms with E-state index in [0.717, 1.165) is 18.5 Å². The summed E-state index contributed by atoms with van der Waals surface area (Å²) in [7, 11) is 0. The van der Waals surface area contributed by atoms with Crippen LogP contribution >= 0.6 is 0 Å². The first kappa shape index (κ1) is 13.7. The summed E-state index contributed by atoms with van der Waals surface area (Å²) >= 11 is 0. The van der Waals surface area contributed by atoms with Gasteiger partial charge in [0.2, 0.25) is 0 Å². The van der Waals surface area contributed by atoms with Gasteiger partial charge in [-0.2, -0.15) is 5.10 Å². The third kappa shape index (κ3) is 3.85. The number of hydrogen-bond acceptors (Lipinski definition) is 3. The quantitative estimate of drug-likeness (QED) is 0.793. The molecule has 5 nitrogen and oxygen atoms in total. The van der Waals surface area contributed by atoms with Crippen LogP contribution in [0.25, 0.3) is 0 Å². The van der Waals surface area contributed by atoms with Gasteiger partial charge in [-0.05, 0) is 25.8 Å². The van der Waals surface area contributed by atoms with Gasteiger partial charge in [0.1, 0.15) is 0 Å². The van der Waals surface area contributed by atoms with Crippen LogP contribution in [0.1, 0.15) is 45.3 Å². The second-order valence-corrected chi connectivity index (χ2v) is 4.05. The van der Waals surface area contributed by atoms with Crippen LogP contribution in [-0.2, 0) is 16.1 Å². The van der Waals surface area contributed by atoms with Crippen LogP contribution < -0.4 is 0 Å². The Morgan fingerprint density at radius 1 is 1.53 bits per heavy atom. The highest BCUT2D eigenvalue weighted by Crippen LogP contribution is 2.14. The highest BCUT2D eigenvalue weighted by atomic mass is 16.5. The third-order valence-corrected chi connectivity index (χ3v) is 2.81. The first-order chi connectivity index (χ1) is 8.08. The van der Waals surface area contributed by atoms with Crippen molar-refractivity contribution < 1.29 is 14.6 Å². The molecule has 0 aliphatic carbocycles. The van der Waals surface area contributed by atoms with E-state index in [1.54, 1.807) is 0 Å². The molecule has 17 heavy (non-hydrogen) atoms. The van der Waals surface area contributed by atoms with Crippen LogP contribution in [0.4, 0.5) is 0 Å². The number of aromatic nitrogens is 2. The van der Waals surface area contributed by atoms with E-state index < -0.39 is 12.1 Å². The van der Waals surface area contributed by atoms with Crippen LogP contribution in [0.15, 0.2) is 12.3 Å². The fourth-order valence-electron chi connectivity index (χ4n) is 1.60. The fourth-order valence-corrected chi connectivity index (χ4v) is 1.60. The summed E-state index contributed by atoms with van der Waals surface area (Å²) in [5, 5.41) is 13.1. The maximum Gasteiger partial charge on any atom is 0.332 e. The summed E-state index contributed by atoms with van der Waals surface area (Å²) in [5.41, 5.74) is 0.769. The zero-order valence-electron chi connectivity index (χ0n) is 10.6. The average molecular weight is 240 g/mol. The molecular weight excluding hydrogens is 220 g/mol. The molecule has 0 aliphatic heterocycles. The van der Waals surface area contributed by atoms with Crippen LogP contribution in [0.3, 0.4) is 0 Å². The SMILES string of the molecule is CCC(CC)n1ccc(CO[C@@H](C)C(=O)O)n1. The molecule has 1 N–H and O–H groups in total. The van der Waals surface area contributed by atoms with Crippen molar-refractivity contribution in [3.05, 3.63) is 18.0 Å². The molecule has 0 aromatic carbocycles. The number of carboxylic acid groups (broad SMARTS) is 1. The molecule has 0 saturated carbocycles. The lowest BCUT2D eigenvalue weighted by atomic mass is 10.2. The van der Waals surface area contributed by atoms with Gasteiger partial charge in [-0.3, -0.25) is 4.68 Å². The Morgan fingerprint density at radius 2 is 2.18 bits per heavy atom. The predicted octanol–water partition coefficient (Wildman–Crippen LogP) is 2.23. The standard InChI is InChI=1S/C12H20N2O3/c1-4-11(5-2)14-7-6-10(13-14)8-17-9(3)12(15)16/h6-7,9,11H,4-5,8H2,1-3H3,(H,15,16)/t9-/m0/s1. The highest BCUT2D eigenvalue weighted by molar-refractivity contribution is 5.71. The van der Waals surface area contributed by atoms with Crippen molar-refractivity contribution in [1.29, 1.82) is 0 Å². The summed E-state index contributed by atoms with van der Waals surface area (Å²) in [6.45, 7) is 6.00. The van der Waals surface area contributed by atoms with E-state index in [9.17, 15) is 4.79 Å². The lowest BCUT2D eigenvalue weighted by Crippen LogP contribution is -2.19. The molecule has 1 aromatic rings. The Labute approximate surface area is 101 Å². The van der Waals surface area contributed by atoms with Crippen LogP contribution in [0.2, 0.25) is 0 Å². The minimum atomic E-state index is -0.954. The monoisotopic (exact) mass is 240 g/mol. The van der Waals surface area contributed by atoms with Crippen molar-refractivity contribution >= 4 is 5.97 Å². The summed E-state index contributed by atoms with van der Waals surface area (Å²) in [5.74, 6) is -0.954. The number of hydrogen-bond donors (Lipinski definition) is 1. The molecule has 0 radical (unpaired) electrons. The first-order valence-corrected chi connectivity index (χ1v) is 5.96. The summed E-state index contributed by atoms with van der Waals surface area (Å²) < 4.78 is 7.10. The number of aliphatic carboxylic acids is 1. The molecule has 1 atom stereocenters. The maximum absolute atomic E-state index is 10.6. The van der Waals surface area contributed by atoms with Crippen molar-refractivity contribution in [2.24, 2.45) is 0 Å². The van der Waals surface area contributed by atoms with E-state index in [4.69, 9.17) is 9.84 Å². The molecular formula is C12H20N2O3. The number of carboxylic acids is 1. The smallest absolute Gasteiger partial charge is 0.332 e. The van der Waals surface area contributed by atoms with Crippen LogP contribution in [0, 0.1) is 0 Å². The Balaban J connectivity index is 2.54. The van der Waals surface area contributed by atoms with Crippen LogP contribution in [0.5, 0.6) is 0 Å². The Hall–Kier alpha value is -1.36. The zero-order valence-corrected chi connectivity index (χ0v) is 10.6. The minimum Gasteiger partial charge on any atom is -0.479 e. The van der Waals surface area contributed by atoms with Crippen LogP contribution in [-0.4, -0.2) is 27.0 Å². The molecule has 96 valence electrons. The lowest BCUT2D eigenvalue weighted by molar-refractivity contribution is -0.149. The topological polar surface area (TPSA) is 64.3 Å². The van der Waals surface area contributed by atoms with E-state index >= 15 is 0 Å². The van der Waals surface area contributed by atoms with Crippen molar-refractivity contribution in [2.75, 3.05) is 0 Å². The molecule has 0 aliphatic rings. The number of rotatable bonds is 7. The second kappa shape index (κ2) is 6.39. The molecule has 0 saturated heterocycles. The van der Waals surface area contributed by atoms with E-state index in [1.165, 1.54) is 6.92 Å². The zero-order chi connectivity index (χ0) is 12.8. The number of nitrogens with zero attached hydrogens (tertiary/aromatic N) is 2. The van der Waals surface area contributed by atoms with Gasteiger partial charge in [0.15, 0.2) is 6.10 Å². The van der Waals surface area contributed by atoms with Crippen molar-refractivity contribution in [1.82, 2.24) is 9.78 Å². The van der Waals surface area contributed by atoms with E-state index in [1.807, 2.05) is 16.9 Å². The molecule has 0 spiro atoms. The molecule has 1 rings (SSSR count). The Kier molecular flexibility index (Phi) is 5.15. The van der Waals surface area contributed by atoms with Gasteiger partial charge < -0.3 is 9.84 Å². The van der Waals surface area contributed by atoms with Crippen molar-refractivity contribution in [3.8, 4) is 0 Å². The molecule has 1 heterocycles. The lowest BCUT2D eigenvalue weighted by Gasteiger charge is -2.12. The van der Waals surface area contributed by atoms with Gasteiger partial charge in [0, 0.05) is 6.20 Å². The Bertz CT molecular complexity index is 358. The Morgan fingerprint density at radius 3 is 2.71 bits per heavy atom. The summed E-state index contributed by atoms with van der Waals surface area (Å²) in [6, 6.07) is 2.27.